The molecule has 0 aliphatic carbocycles. The molecule has 0 bridgehead atoms. The van der Waals surface area contributed by atoms with Crippen molar-refractivity contribution in [2.75, 3.05) is 13.2 Å². The van der Waals surface area contributed by atoms with Gasteiger partial charge >= 0.3 is 5.97 Å². The maximum atomic E-state index is 13.7. The van der Waals surface area contributed by atoms with E-state index in [-0.39, 0.29) is 23.4 Å². The van der Waals surface area contributed by atoms with Crippen molar-refractivity contribution >= 4 is 51.4 Å². The van der Waals surface area contributed by atoms with Crippen molar-refractivity contribution in [3.63, 3.8) is 0 Å². The summed E-state index contributed by atoms with van der Waals surface area (Å²) in [7, 11) is 0. The summed E-state index contributed by atoms with van der Waals surface area (Å²) in [4.78, 5) is 26.2. The number of rotatable bonds is 6. The standard InChI is InChI=1S/C24H18N2O5S2/c27-23(16-3-5-20-21(12-16)31-8-1-7-30-20)17(10-14-6-9-32-13-14)22(24(28)29)15-2-4-18-19(11-15)26-33-25-18/h2-6,9,11-13H,1,7-8,10H2,(H,28,29). The van der Waals surface area contributed by atoms with Gasteiger partial charge in [-0.25, -0.2) is 4.79 Å². The second kappa shape index (κ2) is 9.13. The van der Waals surface area contributed by atoms with Crippen molar-refractivity contribution in [1.29, 1.82) is 0 Å². The smallest absolute Gasteiger partial charge is 0.336 e. The number of Topliss-reactive ketones (excluding diaryl/α,β-unsaturated/α-hetero) is 1. The summed E-state index contributed by atoms with van der Waals surface area (Å²) in [6.45, 7) is 1.03. The number of benzene rings is 2. The summed E-state index contributed by atoms with van der Waals surface area (Å²) in [5, 5.41) is 14.0. The number of carbonyl (C=O) groups excluding carboxylic acids is 1. The lowest BCUT2D eigenvalue weighted by atomic mass is 9.90. The van der Waals surface area contributed by atoms with Gasteiger partial charge in [-0.15, -0.1) is 0 Å². The van der Waals surface area contributed by atoms with Crippen LogP contribution in [0.1, 0.15) is 27.9 Å². The third-order valence-electron chi connectivity index (χ3n) is 5.30. The number of hydrogen-bond acceptors (Lipinski definition) is 8. The molecule has 0 unspecified atom stereocenters. The molecule has 5 rings (SSSR count). The Hall–Kier alpha value is -3.56. The fourth-order valence-electron chi connectivity index (χ4n) is 3.72. The first-order valence-electron chi connectivity index (χ1n) is 10.2. The number of carboxylic acids is 1. The third-order valence-corrected chi connectivity index (χ3v) is 6.59. The van der Waals surface area contributed by atoms with Gasteiger partial charge in [0.05, 0.1) is 30.5 Å². The van der Waals surface area contributed by atoms with Crippen molar-refractivity contribution in [2.45, 2.75) is 12.8 Å². The van der Waals surface area contributed by atoms with Gasteiger partial charge in [-0.3, -0.25) is 4.79 Å². The highest BCUT2D eigenvalue weighted by Crippen LogP contribution is 2.33. The molecular formula is C24H18N2O5S2. The Balaban J connectivity index is 1.65. The van der Waals surface area contributed by atoms with Gasteiger partial charge in [0.2, 0.25) is 0 Å². The monoisotopic (exact) mass is 478 g/mol. The maximum Gasteiger partial charge on any atom is 0.336 e. The van der Waals surface area contributed by atoms with Crippen molar-refractivity contribution in [3.8, 4) is 11.5 Å². The SMILES string of the molecule is O=C(O)C(=C(Cc1ccsc1)C(=O)c1ccc2c(c1)OCCCO2)c1ccc2nsnc2c1. The number of carbonyl (C=O) groups is 2. The summed E-state index contributed by atoms with van der Waals surface area (Å²) in [6, 6.07) is 11.9. The summed E-state index contributed by atoms with van der Waals surface area (Å²) < 4.78 is 19.8. The second-order valence-electron chi connectivity index (χ2n) is 7.48. The fourth-order valence-corrected chi connectivity index (χ4v) is 4.91. The van der Waals surface area contributed by atoms with Gasteiger partial charge in [0.1, 0.15) is 11.0 Å². The number of allylic oxidation sites excluding steroid dienone is 1. The lowest BCUT2D eigenvalue weighted by Gasteiger charge is -2.14. The average molecular weight is 479 g/mol. The highest BCUT2D eigenvalue weighted by molar-refractivity contribution is 7.08. The number of ketones is 1. The van der Waals surface area contributed by atoms with E-state index in [1.54, 1.807) is 36.4 Å². The Kier molecular flexibility index (Phi) is 5.89. The molecule has 0 radical (unpaired) electrons. The minimum absolute atomic E-state index is 0.0480. The van der Waals surface area contributed by atoms with Gasteiger partial charge in [-0.2, -0.15) is 20.1 Å². The average Bonchev–Trinajstić information content (AvgIpc) is 3.44. The van der Waals surface area contributed by atoms with Gasteiger partial charge in [0.15, 0.2) is 17.3 Å². The lowest BCUT2D eigenvalue weighted by Crippen LogP contribution is -2.14. The van der Waals surface area contributed by atoms with Crippen LogP contribution < -0.4 is 9.47 Å². The zero-order chi connectivity index (χ0) is 22.8. The van der Waals surface area contributed by atoms with E-state index < -0.39 is 5.97 Å². The zero-order valence-electron chi connectivity index (χ0n) is 17.3. The normalized spacial score (nSPS) is 13.9. The highest BCUT2D eigenvalue weighted by atomic mass is 32.1. The van der Waals surface area contributed by atoms with Crippen molar-refractivity contribution in [3.05, 3.63) is 75.5 Å². The predicted molar refractivity (Wildman–Crippen MR) is 126 cm³/mol. The third kappa shape index (κ3) is 4.37. The number of ether oxygens (including phenoxy) is 2. The van der Waals surface area contributed by atoms with Crippen LogP contribution in [0, 0.1) is 0 Å². The first-order valence-corrected chi connectivity index (χ1v) is 11.9. The van der Waals surface area contributed by atoms with E-state index in [0.717, 1.165) is 23.7 Å². The first kappa shape index (κ1) is 21.3. The van der Waals surface area contributed by atoms with Crippen molar-refractivity contribution < 1.29 is 24.2 Å². The van der Waals surface area contributed by atoms with E-state index in [2.05, 4.69) is 8.75 Å². The van der Waals surface area contributed by atoms with Crippen molar-refractivity contribution in [2.24, 2.45) is 0 Å². The lowest BCUT2D eigenvalue weighted by molar-refractivity contribution is -0.130. The Morgan fingerprint density at radius 3 is 2.52 bits per heavy atom. The predicted octanol–water partition coefficient (Wildman–Crippen LogP) is 4.88. The quantitative estimate of drug-likeness (QED) is 0.312. The number of hydrogen-bond donors (Lipinski definition) is 1. The molecule has 9 heteroatoms. The Labute approximate surface area is 197 Å². The number of carboxylic acid groups (broad SMARTS) is 1. The van der Waals surface area contributed by atoms with Crippen LogP contribution in [0.2, 0.25) is 0 Å². The summed E-state index contributed by atoms with van der Waals surface area (Å²) in [6.07, 6.45) is 0.935. The molecule has 0 fully saturated rings. The van der Waals surface area contributed by atoms with Gasteiger partial charge in [0, 0.05) is 24.0 Å². The molecule has 0 amide bonds. The van der Waals surface area contributed by atoms with E-state index in [1.165, 1.54) is 11.3 Å². The number of aliphatic carboxylic acids is 1. The van der Waals surface area contributed by atoms with Crippen LogP contribution in [0.15, 0.2) is 58.8 Å². The van der Waals surface area contributed by atoms with Crippen LogP contribution in [0.4, 0.5) is 0 Å². The van der Waals surface area contributed by atoms with E-state index in [0.29, 0.717) is 46.9 Å². The Bertz CT molecular complexity index is 1370. The van der Waals surface area contributed by atoms with Gasteiger partial charge < -0.3 is 14.6 Å². The number of thiophene rings is 1. The molecule has 1 aliphatic heterocycles. The topological polar surface area (TPSA) is 98.6 Å². The summed E-state index contributed by atoms with van der Waals surface area (Å²) in [5.74, 6) is -0.483. The van der Waals surface area contributed by atoms with E-state index in [4.69, 9.17) is 9.47 Å². The minimum atomic E-state index is -1.18. The highest BCUT2D eigenvalue weighted by Gasteiger charge is 2.25. The fraction of sp³-hybridized carbons (Fsp3) is 0.167. The first-order chi connectivity index (χ1) is 16.1. The summed E-state index contributed by atoms with van der Waals surface area (Å²) >= 11 is 2.55. The van der Waals surface area contributed by atoms with E-state index in [1.807, 2.05) is 16.8 Å². The van der Waals surface area contributed by atoms with Crippen LogP contribution >= 0.6 is 23.1 Å². The molecule has 2 aromatic carbocycles. The molecule has 4 aromatic rings. The van der Waals surface area contributed by atoms with Crippen LogP contribution in [-0.4, -0.2) is 38.8 Å². The van der Waals surface area contributed by atoms with Gasteiger partial charge in [-0.1, -0.05) is 6.07 Å². The minimum Gasteiger partial charge on any atom is -0.490 e. The molecule has 33 heavy (non-hydrogen) atoms. The molecule has 166 valence electrons. The maximum absolute atomic E-state index is 13.7. The van der Waals surface area contributed by atoms with Crippen LogP contribution in [0.25, 0.3) is 16.6 Å². The van der Waals surface area contributed by atoms with E-state index >= 15 is 0 Å². The molecule has 3 heterocycles. The molecule has 0 saturated carbocycles. The molecule has 0 saturated heterocycles. The Morgan fingerprint density at radius 2 is 1.73 bits per heavy atom. The van der Waals surface area contributed by atoms with Crippen molar-refractivity contribution in [1.82, 2.24) is 8.75 Å². The second-order valence-corrected chi connectivity index (χ2v) is 8.78. The number of nitrogens with zero attached hydrogens (tertiary/aromatic N) is 2. The summed E-state index contributed by atoms with van der Waals surface area (Å²) in [5.41, 5.74) is 3.05. The van der Waals surface area contributed by atoms with Crippen LogP contribution in [0.5, 0.6) is 11.5 Å². The van der Waals surface area contributed by atoms with Crippen LogP contribution in [-0.2, 0) is 11.2 Å². The number of aromatic nitrogens is 2. The van der Waals surface area contributed by atoms with Crippen LogP contribution in [0.3, 0.4) is 0 Å². The van der Waals surface area contributed by atoms with E-state index in [9.17, 15) is 14.7 Å². The zero-order valence-corrected chi connectivity index (χ0v) is 18.9. The van der Waals surface area contributed by atoms with Gasteiger partial charge in [0.25, 0.3) is 0 Å². The molecule has 2 aromatic heterocycles. The molecule has 1 aliphatic rings. The molecular weight excluding hydrogens is 460 g/mol. The Morgan fingerprint density at radius 1 is 0.939 bits per heavy atom. The molecule has 7 nitrogen and oxygen atoms in total. The molecule has 1 N–H and O–H groups in total. The largest absolute Gasteiger partial charge is 0.490 e. The molecule has 0 atom stereocenters. The molecule has 0 spiro atoms. The number of fused-ring (bicyclic) bond motifs is 2. The van der Waals surface area contributed by atoms with Gasteiger partial charge in [-0.05, 0) is 58.3 Å².